The van der Waals surface area contributed by atoms with Gasteiger partial charge in [-0.05, 0) is 13.8 Å². The Morgan fingerprint density at radius 2 is 2.16 bits per heavy atom. The zero-order chi connectivity index (χ0) is 14.2. The molecule has 104 valence electrons. The quantitative estimate of drug-likeness (QED) is 0.795. The molecule has 0 spiro atoms. The molecular formula is C12H18ClN5O. The number of aromatic nitrogens is 4. The van der Waals surface area contributed by atoms with Gasteiger partial charge in [0.05, 0.1) is 11.6 Å². The molecule has 7 heteroatoms. The first-order valence-corrected chi connectivity index (χ1v) is 6.71. The van der Waals surface area contributed by atoms with Gasteiger partial charge in [-0.25, -0.2) is 4.98 Å². The summed E-state index contributed by atoms with van der Waals surface area (Å²) in [7, 11) is 3.63. The van der Waals surface area contributed by atoms with Gasteiger partial charge in [0.1, 0.15) is 17.9 Å². The minimum absolute atomic E-state index is 0.0343. The molecule has 0 unspecified atom stereocenters. The lowest BCUT2D eigenvalue weighted by Gasteiger charge is -2.16. The molecular weight excluding hydrogens is 266 g/mol. The lowest BCUT2D eigenvalue weighted by atomic mass is 10.4. The van der Waals surface area contributed by atoms with Crippen molar-refractivity contribution < 1.29 is 4.79 Å². The van der Waals surface area contributed by atoms with Crippen LogP contribution in [0.4, 0.5) is 0 Å². The molecule has 19 heavy (non-hydrogen) atoms. The van der Waals surface area contributed by atoms with E-state index < -0.39 is 0 Å². The average molecular weight is 284 g/mol. The molecule has 0 aliphatic heterocycles. The molecule has 0 radical (unpaired) electrons. The monoisotopic (exact) mass is 283 g/mol. The van der Waals surface area contributed by atoms with E-state index in [1.807, 2.05) is 25.5 Å². The fraction of sp³-hybridized carbons (Fsp3) is 0.583. The van der Waals surface area contributed by atoms with Crippen molar-refractivity contribution >= 4 is 28.7 Å². The van der Waals surface area contributed by atoms with Crippen molar-refractivity contribution in [1.82, 2.24) is 24.2 Å². The Morgan fingerprint density at radius 3 is 2.74 bits per heavy atom. The van der Waals surface area contributed by atoms with Gasteiger partial charge in [0, 0.05) is 20.6 Å². The van der Waals surface area contributed by atoms with Crippen molar-refractivity contribution in [3.63, 3.8) is 0 Å². The van der Waals surface area contributed by atoms with Gasteiger partial charge >= 0.3 is 0 Å². The number of imidazole rings is 1. The van der Waals surface area contributed by atoms with Crippen molar-refractivity contribution in [2.24, 2.45) is 7.05 Å². The van der Waals surface area contributed by atoms with Crippen LogP contribution in [-0.4, -0.2) is 43.7 Å². The maximum absolute atomic E-state index is 12.1. The number of hydrogen-bond acceptors (Lipinski definition) is 3. The van der Waals surface area contributed by atoms with Crippen LogP contribution in [0.1, 0.15) is 18.4 Å². The van der Waals surface area contributed by atoms with Gasteiger partial charge < -0.3 is 9.47 Å². The molecule has 0 aliphatic carbocycles. The molecule has 2 aromatic heterocycles. The summed E-state index contributed by atoms with van der Waals surface area (Å²) < 4.78 is 3.59. The zero-order valence-corrected chi connectivity index (χ0v) is 12.4. The number of likely N-dealkylation sites (N-methyl/N-ethyl adjacent to an activating group) is 1. The number of carbonyl (C=O) groups excluding carboxylic acids is 1. The number of amides is 1. The third kappa shape index (κ3) is 2.32. The third-order valence-corrected chi connectivity index (χ3v) is 3.52. The maximum Gasteiger partial charge on any atom is 0.242 e. The molecule has 0 aromatic carbocycles. The van der Waals surface area contributed by atoms with Gasteiger partial charge in [0.2, 0.25) is 5.91 Å². The second-order valence-electron chi connectivity index (χ2n) is 4.54. The third-order valence-electron chi connectivity index (χ3n) is 3.28. The molecule has 6 nitrogen and oxygen atoms in total. The first kappa shape index (κ1) is 13.9. The average Bonchev–Trinajstić information content (AvgIpc) is 2.88. The van der Waals surface area contributed by atoms with Crippen molar-refractivity contribution in [3.8, 4) is 0 Å². The second kappa shape index (κ2) is 5.21. The molecule has 1 amide bonds. The number of carbonyl (C=O) groups is 1. The minimum atomic E-state index is 0.0343. The van der Waals surface area contributed by atoms with E-state index in [9.17, 15) is 4.79 Å². The summed E-state index contributed by atoms with van der Waals surface area (Å²) >= 11 is 5.92. The van der Waals surface area contributed by atoms with E-state index in [0.717, 1.165) is 16.9 Å². The summed E-state index contributed by atoms with van der Waals surface area (Å²) in [6.07, 6.45) is 0. The number of halogens is 1. The van der Waals surface area contributed by atoms with E-state index in [1.54, 1.807) is 16.6 Å². The lowest BCUT2D eigenvalue weighted by molar-refractivity contribution is -0.130. The van der Waals surface area contributed by atoms with Crippen LogP contribution < -0.4 is 0 Å². The summed E-state index contributed by atoms with van der Waals surface area (Å²) in [5.74, 6) is 1.01. The Kier molecular flexibility index (Phi) is 3.80. The maximum atomic E-state index is 12.1. The Labute approximate surface area is 117 Å². The predicted molar refractivity (Wildman–Crippen MR) is 74.1 cm³/mol. The number of hydrogen-bond donors (Lipinski definition) is 0. The van der Waals surface area contributed by atoms with Crippen LogP contribution in [0, 0.1) is 6.92 Å². The van der Waals surface area contributed by atoms with Crippen molar-refractivity contribution in [2.75, 3.05) is 13.6 Å². The largest absolute Gasteiger partial charge is 0.344 e. The topological polar surface area (TPSA) is 56.0 Å². The molecule has 0 saturated heterocycles. The van der Waals surface area contributed by atoms with Crippen LogP contribution in [0.25, 0.3) is 11.2 Å². The van der Waals surface area contributed by atoms with Crippen molar-refractivity contribution in [2.45, 2.75) is 26.3 Å². The molecule has 2 aromatic rings. The first-order chi connectivity index (χ1) is 8.99. The molecule has 0 fully saturated rings. The summed E-state index contributed by atoms with van der Waals surface area (Å²) in [5.41, 5.74) is 2.50. The van der Waals surface area contributed by atoms with Gasteiger partial charge in [0.25, 0.3) is 0 Å². The molecule has 0 saturated carbocycles. The van der Waals surface area contributed by atoms with Gasteiger partial charge in [0.15, 0.2) is 5.65 Å². The highest BCUT2D eigenvalue weighted by Crippen LogP contribution is 2.20. The summed E-state index contributed by atoms with van der Waals surface area (Å²) in [4.78, 5) is 18.2. The van der Waals surface area contributed by atoms with E-state index in [0.29, 0.717) is 12.4 Å². The van der Waals surface area contributed by atoms with Crippen LogP contribution in [-0.2, 0) is 24.3 Å². The second-order valence-corrected chi connectivity index (χ2v) is 4.80. The molecule has 2 heterocycles. The molecule has 2 rings (SSSR count). The highest BCUT2D eigenvalue weighted by Gasteiger charge is 2.19. The van der Waals surface area contributed by atoms with E-state index in [-0.39, 0.29) is 18.3 Å². The van der Waals surface area contributed by atoms with Gasteiger partial charge in [-0.2, -0.15) is 5.10 Å². The van der Waals surface area contributed by atoms with E-state index in [1.165, 1.54) is 0 Å². The Morgan fingerprint density at radius 1 is 1.47 bits per heavy atom. The zero-order valence-electron chi connectivity index (χ0n) is 11.6. The van der Waals surface area contributed by atoms with Gasteiger partial charge in [-0.15, -0.1) is 11.6 Å². The lowest BCUT2D eigenvalue weighted by Crippen LogP contribution is -2.30. The Hall–Kier alpha value is -1.56. The fourth-order valence-corrected chi connectivity index (χ4v) is 2.28. The highest BCUT2D eigenvalue weighted by atomic mass is 35.5. The number of alkyl halides is 1. The summed E-state index contributed by atoms with van der Waals surface area (Å²) in [6, 6.07) is 0. The molecule has 0 atom stereocenters. The van der Waals surface area contributed by atoms with Crippen LogP contribution in [0.2, 0.25) is 0 Å². The first-order valence-electron chi connectivity index (χ1n) is 6.18. The van der Waals surface area contributed by atoms with Crippen molar-refractivity contribution in [3.05, 3.63) is 11.5 Å². The Bertz CT molecular complexity index is 615. The van der Waals surface area contributed by atoms with Crippen LogP contribution in [0.5, 0.6) is 0 Å². The summed E-state index contributed by atoms with van der Waals surface area (Å²) in [6.45, 7) is 4.76. The number of fused-ring (bicyclic) bond motifs is 1. The van der Waals surface area contributed by atoms with E-state index in [2.05, 4.69) is 10.1 Å². The van der Waals surface area contributed by atoms with Crippen LogP contribution >= 0.6 is 11.6 Å². The fourth-order valence-electron chi connectivity index (χ4n) is 2.08. The molecule has 0 aliphatic rings. The van der Waals surface area contributed by atoms with Gasteiger partial charge in [-0.1, -0.05) is 0 Å². The van der Waals surface area contributed by atoms with Crippen molar-refractivity contribution in [1.29, 1.82) is 0 Å². The van der Waals surface area contributed by atoms with E-state index >= 15 is 0 Å². The normalized spacial score (nSPS) is 11.2. The number of nitrogens with zero attached hydrogens (tertiary/aromatic N) is 5. The smallest absolute Gasteiger partial charge is 0.242 e. The highest BCUT2D eigenvalue weighted by molar-refractivity contribution is 6.16. The number of aryl methyl sites for hydroxylation is 2. The predicted octanol–water partition coefficient (Wildman–Crippen LogP) is 1.30. The number of rotatable bonds is 4. The minimum Gasteiger partial charge on any atom is -0.344 e. The molecule has 0 bridgehead atoms. The van der Waals surface area contributed by atoms with Crippen LogP contribution in [0.3, 0.4) is 0 Å². The standard InChI is InChI=1S/C12H18ClN5O/c1-5-16(3)10(19)7-18-9(6-13)14-11-8(2)15-17(4)12(11)18/h5-7H2,1-4H3. The van der Waals surface area contributed by atoms with Gasteiger partial charge in [-0.3, -0.25) is 9.48 Å². The SMILES string of the molecule is CCN(C)C(=O)Cn1c(CCl)nc2c(C)nn(C)c21. The summed E-state index contributed by atoms with van der Waals surface area (Å²) in [5, 5.41) is 4.32. The van der Waals surface area contributed by atoms with Crippen LogP contribution in [0.15, 0.2) is 0 Å². The molecule has 0 N–H and O–H groups in total. The Balaban J connectivity index is 2.48. The van der Waals surface area contributed by atoms with E-state index in [4.69, 9.17) is 11.6 Å².